The molecule has 0 bridgehead atoms. The third kappa shape index (κ3) is 2.09. The molecule has 0 aromatic heterocycles. The molecule has 0 aliphatic carbocycles. The van der Waals surface area contributed by atoms with Gasteiger partial charge in [0.05, 0.1) is 6.10 Å². The van der Waals surface area contributed by atoms with Crippen molar-refractivity contribution in [1.29, 1.82) is 0 Å². The molecule has 0 fully saturated rings. The van der Waals surface area contributed by atoms with Crippen molar-refractivity contribution in [3.8, 4) is 5.75 Å². The molecular formula is C15H13ClO2. The van der Waals surface area contributed by atoms with Gasteiger partial charge in [-0.05, 0) is 23.8 Å². The number of rotatable bonds is 1. The maximum absolute atomic E-state index is 10.1. The van der Waals surface area contributed by atoms with E-state index in [0.29, 0.717) is 11.4 Å². The van der Waals surface area contributed by atoms with Crippen LogP contribution < -0.4 is 4.74 Å². The molecule has 0 saturated heterocycles. The Bertz CT molecular complexity index is 568. The Balaban J connectivity index is 1.94. The maximum atomic E-state index is 10.1. The molecule has 2 aromatic rings. The lowest BCUT2D eigenvalue weighted by Crippen LogP contribution is -2.18. The fourth-order valence-corrected chi connectivity index (χ4v) is 2.50. The molecule has 0 spiro atoms. The highest BCUT2D eigenvalue weighted by molar-refractivity contribution is 6.30. The predicted molar refractivity (Wildman–Crippen MR) is 70.8 cm³/mol. The number of para-hydroxylation sites is 1. The van der Waals surface area contributed by atoms with Gasteiger partial charge in [-0.3, -0.25) is 0 Å². The van der Waals surface area contributed by atoms with E-state index in [1.165, 1.54) is 0 Å². The highest BCUT2D eigenvalue weighted by Gasteiger charge is 2.27. The van der Waals surface area contributed by atoms with Crippen LogP contribution in [0.15, 0.2) is 48.5 Å². The first-order valence-corrected chi connectivity index (χ1v) is 6.31. The fraction of sp³-hybridized carbons (Fsp3) is 0.200. The first kappa shape index (κ1) is 11.6. The van der Waals surface area contributed by atoms with E-state index in [1.54, 1.807) is 0 Å². The van der Waals surface area contributed by atoms with Crippen LogP contribution in [0.25, 0.3) is 0 Å². The Kier molecular flexibility index (Phi) is 2.98. The highest BCUT2D eigenvalue weighted by atomic mass is 35.5. The zero-order chi connectivity index (χ0) is 12.5. The number of benzene rings is 2. The van der Waals surface area contributed by atoms with Gasteiger partial charge in [0.2, 0.25) is 0 Å². The SMILES string of the molecule is O[C@@H]1C[C@@H](c2cccc(Cl)c2)Oc2ccccc21. The molecule has 3 heteroatoms. The first-order chi connectivity index (χ1) is 8.74. The standard InChI is InChI=1S/C15H13ClO2/c16-11-5-3-4-10(8-11)15-9-13(17)12-6-1-2-7-14(12)18-15/h1-8,13,15,17H,9H2/t13-,15+/m1/s1. The zero-order valence-electron chi connectivity index (χ0n) is 9.71. The molecule has 1 heterocycles. The Morgan fingerprint density at radius 3 is 2.78 bits per heavy atom. The minimum atomic E-state index is -0.487. The summed E-state index contributed by atoms with van der Waals surface area (Å²) in [6.45, 7) is 0. The van der Waals surface area contributed by atoms with Gasteiger partial charge in [0, 0.05) is 17.0 Å². The normalized spacial score (nSPS) is 22.1. The van der Waals surface area contributed by atoms with Crippen LogP contribution in [0.2, 0.25) is 5.02 Å². The van der Waals surface area contributed by atoms with Crippen LogP contribution in [0, 0.1) is 0 Å². The zero-order valence-corrected chi connectivity index (χ0v) is 10.5. The van der Waals surface area contributed by atoms with Crippen LogP contribution in [0.3, 0.4) is 0 Å². The van der Waals surface area contributed by atoms with Gasteiger partial charge in [0.1, 0.15) is 11.9 Å². The Morgan fingerprint density at radius 1 is 1.11 bits per heavy atom. The molecule has 2 aromatic carbocycles. The second-order valence-electron chi connectivity index (χ2n) is 4.45. The molecule has 0 amide bonds. The van der Waals surface area contributed by atoms with E-state index in [-0.39, 0.29) is 6.10 Å². The maximum Gasteiger partial charge on any atom is 0.127 e. The first-order valence-electron chi connectivity index (χ1n) is 5.93. The smallest absolute Gasteiger partial charge is 0.127 e. The van der Waals surface area contributed by atoms with Crippen LogP contribution in [-0.2, 0) is 0 Å². The summed E-state index contributed by atoms with van der Waals surface area (Å²) < 4.78 is 5.92. The lowest BCUT2D eigenvalue weighted by atomic mass is 9.95. The van der Waals surface area contributed by atoms with Gasteiger partial charge >= 0.3 is 0 Å². The lowest BCUT2D eigenvalue weighted by molar-refractivity contribution is 0.0657. The number of ether oxygens (including phenoxy) is 1. The van der Waals surface area contributed by atoms with Crippen molar-refractivity contribution in [2.75, 3.05) is 0 Å². The van der Waals surface area contributed by atoms with Crippen molar-refractivity contribution in [2.45, 2.75) is 18.6 Å². The van der Waals surface area contributed by atoms with Gasteiger partial charge in [-0.25, -0.2) is 0 Å². The molecule has 0 unspecified atom stereocenters. The van der Waals surface area contributed by atoms with Crippen molar-refractivity contribution < 1.29 is 9.84 Å². The van der Waals surface area contributed by atoms with Crippen LogP contribution in [0.1, 0.15) is 29.8 Å². The summed E-state index contributed by atoms with van der Waals surface area (Å²) >= 11 is 5.98. The second kappa shape index (κ2) is 4.63. The number of fused-ring (bicyclic) bond motifs is 1. The quantitative estimate of drug-likeness (QED) is 0.843. The molecule has 18 heavy (non-hydrogen) atoms. The summed E-state index contributed by atoms with van der Waals surface area (Å²) in [6, 6.07) is 15.2. The predicted octanol–water partition coefficient (Wildman–Crippen LogP) is 3.90. The number of aliphatic hydroxyl groups excluding tert-OH is 1. The Hall–Kier alpha value is -1.51. The molecule has 3 rings (SSSR count). The molecule has 2 atom stereocenters. The molecule has 0 radical (unpaired) electrons. The van der Waals surface area contributed by atoms with Gasteiger partial charge in [0.15, 0.2) is 0 Å². The van der Waals surface area contributed by atoms with Gasteiger partial charge < -0.3 is 9.84 Å². The second-order valence-corrected chi connectivity index (χ2v) is 4.89. The largest absolute Gasteiger partial charge is 0.485 e. The number of halogens is 1. The number of aliphatic hydroxyl groups is 1. The van der Waals surface area contributed by atoms with E-state index in [4.69, 9.17) is 16.3 Å². The van der Waals surface area contributed by atoms with Gasteiger partial charge in [-0.1, -0.05) is 41.9 Å². The average Bonchev–Trinajstić information content (AvgIpc) is 2.39. The van der Waals surface area contributed by atoms with Gasteiger partial charge in [0.25, 0.3) is 0 Å². The van der Waals surface area contributed by atoms with E-state index in [1.807, 2.05) is 48.5 Å². The summed E-state index contributed by atoms with van der Waals surface area (Å²) in [6.07, 6.45) is -0.0790. The summed E-state index contributed by atoms with van der Waals surface area (Å²) in [5, 5.41) is 10.8. The minimum Gasteiger partial charge on any atom is -0.485 e. The fourth-order valence-electron chi connectivity index (χ4n) is 2.31. The molecule has 1 aliphatic heterocycles. The molecule has 92 valence electrons. The molecular weight excluding hydrogens is 248 g/mol. The van der Waals surface area contributed by atoms with Crippen LogP contribution >= 0.6 is 11.6 Å². The van der Waals surface area contributed by atoms with Crippen LogP contribution in [0.4, 0.5) is 0 Å². The highest BCUT2D eigenvalue weighted by Crippen LogP contribution is 2.40. The molecule has 2 nitrogen and oxygen atoms in total. The number of hydrogen-bond acceptors (Lipinski definition) is 2. The Labute approximate surface area is 111 Å². The van der Waals surface area contributed by atoms with E-state index in [2.05, 4.69) is 0 Å². The van der Waals surface area contributed by atoms with Crippen molar-refractivity contribution in [1.82, 2.24) is 0 Å². The molecule has 1 N–H and O–H groups in total. The van der Waals surface area contributed by atoms with Crippen molar-refractivity contribution >= 4 is 11.6 Å². The van der Waals surface area contributed by atoms with E-state index in [9.17, 15) is 5.11 Å². The topological polar surface area (TPSA) is 29.5 Å². The lowest BCUT2D eigenvalue weighted by Gasteiger charge is -2.29. The van der Waals surface area contributed by atoms with Crippen molar-refractivity contribution in [3.05, 3.63) is 64.7 Å². The van der Waals surface area contributed by atoms with Crippen LogP contribution in [0.5, 0.6) is 5.75 Å². The van der Waals surface area contributed by atoms with Crippen molar-refractivity contribution in [2.24, 2.45) is 0 Å². The van der Waals surface area contributed by atoms with E-state index < -0.39 is 6.10 Å². The summed E-state index contributed by atoms with van der Waals surface area (Å²) in [4.78, 5) is 0. The summed E-state index contributed by atoms with van der Waals surface area (Å²) in [5.74, 6) is 0.751. The monoisotopic (exact) mass is 260 g/mol. The summed E-state index contributed by atoms with van der Waals surface area (Å²) in [7, 11) is 0. The van der Waals surface area contributed by atoms with Gasteiger partial charge in [-0.15, -0.1) is 0 Å². The molecule has 1 aliphatic rings. The van der Waals surface area contributed by atoms with Crippen molar-refractivity contribution in [3.63, 3.8) is 0 Å². The average molecular weight is 261 g/mol. The van der Waals surface area contributed by atoms with E-state index in [0.717, 1.165) is 16.9 Å². The third-order valence-corrected chi connectivity index (χ3v) is 3.44. The summed E-state index contributed by atoms with van der Waals surface area (Å²) in [5.41, 5.74) is 1.85. The van der Waals surface area contributed by atoms with Gasteiger partial charge in [-0.2, -0.15) is 0 Å². The third-order valence-electron chi connectivity index (χ3n) is 3.21. The minimum absolute atomic E-state index is 0.145. The number of hydrogen-bond donors (Lipinski definition) is 1. The van der Waals surface area contributed by atoms with E-state index >= 15 is 0 Å². The van der Waals surface area contributed by atoms with Crippen LogP contribution in [-0.4, -0.2) is 5.11 Å². The Morgan fingerprint density at radius 2 is 1.94 bits per heavy atom. The molecule has 0 saturated carbocycles.